The summed E-state index contributed by atoms with van der Waals surface area (Å²) in [7, 11) is 0. The Balaban J connectivity index is 2.17. The number of carbonyl (C=O) groups is 1. The summed E-state index contributed by atoms with van der Waals surface area (Å²) in [6.07, 6.45) is -0.402. The summed E-state index contributed by atoms with van der Waals surface area (Å²) in [6.45, 7) is 10.4. The molecule has 0 N–H and O–H groups in total. The molecule has 1 heterocycles. The van der Waals surface area contributed by atoms with Gasteiger partial charge in [-0.3, -0.25) is 15.0 Å². The molecule has 0 radical (unpaired) electrons. The van der Waals surface area contributed by atoms with Crippen molar-refractivity contribution in [3.8, 4) is 0 Å². The van der Waals surface area contributed by atoms with Crippen molar-refractivity contribution in [1.29, 1.82) is 0 Å². The van der Waals surface area contributed by atoms with Crippen LogP contribution in [0.25, 0.3) is 0 Å². The van der Waals surface area contributed by atoms with Gasteiger partial charge >= 0.3 is 6.09 Å². The van der Waals surface area contributed by atoms with Crippen LogP contribution < -0.4 is 4.90 Å². The van der Waals surface area contributed by atoms with E-state index in [9.17, 15) is 19.3 Å². The quantitative estimate of drug-likeness (QED) is 0.600. The fourth-order valence-corrected chi connectivity index (χ4v) is 2.88. The number of amides is 1. The van der Waals surface area contributed by atoms with Crippen LogP contribution in [0, 0.1) is 15.9 Å². The largest absolute Gasteiger partial charge is 0.444 e. The molecule has 25 heavy (non-hydrogen) atoms. The van der Waals surface area contributed by atoms with E-state index in [1.54, 1.807) is 30.6 Å². The maximum absolute atomic E-state index is 14.3. The normalized spacial score (nSPS) is 17.4. The lowest BCUT2D eigenvalue weighted by molar-refractivity contribution is -0.385. The van der Waals surface area contributed by atoms with Gasteiger partial charge in [0, 0.05) is 25.7 Å². The van der Waals surface area contributed by atoms with Crippen LogP contribution in [-0.2, 0) is 4.74 Å². The highest BCUT2D eigenvalue weighted by molar-refractivity contribution is 5.70. The Labute approximate surface area is 146 Å². The Morgan fingerprint density at radius 2 is 1.96 bits per heavy atom. The molecule has 138 valence electrons. The summed E-state index contributed by atoms with van der Waals surface area (Å²) in [5.41, 5.74) is -1.15. The van der Waals surface area contributed by atoms with E-state index in [0.717, 1.165) is 6.07 Å². The molecule has 1 aromatic rings. The highest BCUT2D eigenvalue weighted by Crippen LogP contribution is 2.30. The predicted molar refractivity (Wildman–Crippen MR) is 92.3 cm³/mol. The van der Waals surface area contributed by atoms with Gasteiger partial charge < -0.3 is 9.64 Å². The van der Waals surface area contributed by atoms with Crippen molar-refractivity contribution < 1.29 is 18.8 Å². The maximum atomic E-state index is 14.3. The third kappa shape index (κ3) is 4.37. The number of non-ortho nitro benzene ring substituents is 1. The predicted octanol–water partition coefficient (Wildman–Crippen LogP) is 3.57. The van der Waals surface area contributed by atoms with Crippen molar-refractivity contribution in [2.45, 2.75) is 45.8 Å². The Morgan fingerprint density at radius 3 is 2.44 bits per heavy atom. The molecule has 0 saturated carbocycles. The molecule has 1 saturated heterocycles. The van der Waals surface area contributed by atoms with Gasteiger partial charge in [-0.25, -0.2) is 9.18 Å². The molecule has 1 aliphatic heterocycles. The van der Waals surface area contributed by atoms with E-state index in [1.807, 2.05) is 13.8 Å². The number of rotatable bonds is 2. The van der Waals surface area contributed by atoms with Gasteiger partial charge in [0.2, 0.25) is 0 Å². The first kappa shape index (κ1) is 19.0. The molecule has 2 rings (SSSR count). The summed E-state index contributed by atoms with van der Waals surface area (Å²) in [6, 6.07) is 3.61. The summed E-state index contributed by atoms with van der Waals surface area (Å²) in [4.78, 5) is 25.9. The lowest BCUT2D eigenvalue weighted by Gasteiger charge is -2.47. The number of hydrogen-bond donors (Lipinski definition) is 0. The topological polar surface area (TPSA) is 75.9 Å². The molecule has 0 bridgehead atoms. The number of hydrogen-bond acceptors (Lipinski definition) is 5. The lowest BCUT2D eigenvalue weighted by atomic mass is 9.98. The molecule has 0 unspecified atom stereocenters. The van der Waals surface area contributed by atoms with Gasteiger partial charge in [0.25, 0.3) is 5.69 Å². The minimum absolute atomic E-state index is 0.284. The first-order valence-electron chi connectivity index (χ1n) is 8.10. The van der Waals surface area contributed by atoms with Crippen LogP contribution in [0.3, 0.4) is 0 Å². The van der Waals surface area contributed by atoms with Gasteiger partial charge in [-0.15, -0.1) is 0 Å². The number of nitro groups is 1. The zero-order chi connectivity index (χ0) is 19.0. The van der Waals surface area contributed by atoms with E-state index >= 15 is 0 Å². The van der Waals surface area contributed by atoms with Crippen LogP contribution >= 0.6 is 0 Å². The molecule has 1 amide bonds. The molecule has 1 aliphatic rings. The zero-order valence-corrected chi connectivity index (χ0v) is 15.2. The fourth-order valence-electron chi connectivity index (χ4n) is 2.88. The minimum Gasteiger partial charge on any atom is -0.444 e. The summed E-state index contributed by atoms with van der Waals surface area (Å²) < 4.78 is 19.7. The van der Waals surface area contributed by atoms with Crippen molar-refractivity contribution in [3.05, 3.63) is 34.1 Å². The van der Waals surface area contributed by atoms with E-state index in [1.165, 1.54) is 12.1 Å². The number of anilines is 1. The molecular formula is C17H24FN3O4. The molecular weight excluding hydrogens is 329 g/mol. The summed E-state index contributed by atoms with van der Waals surface area (Å²) in [5.74, 6) is -0.643. The third-order valence-electron chi connectivity index (χ3n) is 4.00. The SMILES string of the molecule is CC(C)(C)OC(=O)N1CCN(c2ccc([N+](=O)[O-])cc2F)CC1(C)C. The zero-order valence-electron chi connectivity index (χ0n) is 15.2. The van der Waals surface area contributed by atoms with E-state index in [2.05, 4.69) is 0 Å². The van der Waals surface area contributed by atoms with Crippen molar-refractivity contribution in [2.75, 3.05) is 24.5 Å². The molecule has 0 atom stereocenters. The number of benzene rings is 1. The maximum Gasteiger partial charge on any atom is 0.410 e. The van der Waals surface area contributed by atoms with Crippen LogP contribution in [0.1, 0.15) is 34.6 Å². The summed E-state index contributed by atoms with van der Waals surface area (Å²) in [5, 5.41) is 10.7. The minimum atomic E-state index is -0.643. The molecule has 1 aromatic carbocycles. The van der Waals surface area contributed by atoms with Crippen molar-refractivity contribution in [3.63, 3.8) is 0 Å². The average Bonchev–Trinajstić information content (AvgIpc) is 2.43. The van der Waals surface area contributed by atoms with Gasteiger partial charge in [-0.1, -0.05) is 0 Å². The van der Waals surface area contributed by atoms with Crippen LogP contribution in [0.4, 0.5) is 20.6 Å². The van der Waals surface area contributed by atoms with E-state index < -0.39 is 28.0 Å². The number of ether oxygens (including phenoxy) is 1. The van der Waals surface area contributed by atoms with Gasteiger partial charge in [0.1, 0.15) is 5.60 Å². The fraction of sp³-hybridized carbons (Fsp3) is 0.588. The number of carbonyl (C=O) groups excluding carboxylic acids is 1. The van der Waals surface area contributed by atoms with Crippen LogP contribution in [0.5, 0.6) is 0 Å². The van der Waals surface area contributed by atoms with E-state index in [0.29, 0.717) is 25.3 Å². The van der Waals surface area contributed by atoms with Crippen molar-refractivity contribution >= 4 is 17.5 Å². The van der Waals surface area contributed by atoms with Crippen LogP contribution in [-0.4, -0.2) is 46.7 Å². The monoisotopic (exact) mass is 353 g/mol. The number of halogens is 1. The number of piperazine rings is 1. The summed E-state index contributed by atoms with van der Waals surface area (Å²) >= 11 is 0. The second-order valence-electron chi connectivity index (χ2n) is 7.76. The van der Waals surface area contributed by atoms with Crippen molar-refractivity contribution in [1.82, 2.24) is 4.90 Å². The first-order chi connectivity index (χ1) is 11.4. The number of nitrogens with zero attached hydrogens (tertiary/aromatic N) is 3. The van der Waals surface area contributed by atoms with Gasteiger partial charge in [0.05, 0.1) is 22.2 Å². The Bertz CT molecular complexity index is 685. The lowest BCUT2D eigenvalue weighted by Crippen LogP contribution is -2.62. The average molecular weight is 353 g/mol. The second kappa shape index (κ2) is 6.50. The van der Waals surface area contributed by atoms with E-state index in [4.69, 9.17) is 4.74 Å². The smallest absolute Gasteiger partial charge is 0.410 e. The second-order valence-corrected chi connectivity index (χ2v) is 7.76. The van der Waals surface area contributed by atoms with Crippen LogP contribution in [0.2, 0.25) is 0 Å². The standard InChI is InChI=1S/C17H24FN3O4/c1-16(2,3)25-15(22)20-9-8-19(11-17(20,4)5)14-7-6-12(21(23)24)10-13(14)18/h6-7,10H,8-9,11H2,1-5H3. The molecule has 8 heteroatoms. The highest BCUT2D eigenvalue weighted by atomic mass is 19.1. The molecule has 7 nitrogen and oxygen atoms in total. The van der Waals surface area contributed by atoms with Gasteiger partial charge in [-0.05, 0) is 40.7 Å². The van der Waals surface area contributed by atoms with Crippen LogP contribution in [0.15, 0.2) is 18.2 Å². The van der Waals surface area contributed by atoms with Crippen molar-refractivity contribution in [2.24, 2.45) is 0 Å². The molecule has 0 spiro atoms. The molecule has 0 aromatic heterocycles. The Kier molecular flexibility index (Phi) is 4.92. The number of nitro benzene ring substituents is 1. The van der Waals surface area contributed by atoms with E-state index in [-0.39, 0.29) is 5.69 Å². The van der Waals surface area contributed by atoms with Gasteiger partial charge in [-0.2, -0.15) is 0 Å². The highest BCUT2D eigenvalue weighted by Gasteiger charge is 2.39. The third-order valence-corrected chi connectivity index (χ3v) is 4.00. The Morgan fingerprint density at radius 1 is 1.32 bits per heavy atom. The molecule has 1 fully saturated rings. The van der Waals surface area contributed by atoms with Gasteiger partial charge in [0.15, 0.2) is 5.82 Å². The molecule has 0 aliphatic carbocycles. The Hall–Kier alpha value is -2.38. The first-order valence-corrected chi connectivity index (χ1v) is 8.10.